The number of rotatable bonds is 2. The number of hydrogen-bond acceptors (Lipinski definition) is 5. The molecule has 2 aliphatic heterocycles. The van der Waals surface area contributed by atoms with Crippen LogP contribution in [0.2, 0.25) is 0 Å². The second kappa shape index (κ2) is 5.83. The molecule has 2 atom stereocenters. The Morgan fingerprint density at radius 2 is 2.10 bits per heavy atom. The van der Waals surface area contributed by atoms with Crippen LogP contribution < -0.4 is 5.32 Å². The van der Waals surface area contributed by atoms with E-state index in [-0.39, 0.29) is 23.4 Å². The third-order valence-electron chi connectivity index (χ3n) is 4.17. The number of likely N-dealkylation sites (tertiary alicyclic amines) is 1. The minimum atomic E-state index is -0.499. The van der Waals surface area contributed by atoms with Crippen molar-refractivity contribution in [2.45, 2.75) is 39.7 Å². The minimum Gasteiger partial charge on any atom is -0.466 e. The van der Waals surface area contributed by atoms with Crippen molar-refractivity contribution in [1.29, 1.82) is 0 Å². The quantitative estimate of drug-likeness (QED) is 0.780. The Morgan fingerprint density at radius 1 is 1.38 bits per heavy atom. The molecule has 0 aliphatic carbocycles. The maximum Gasteiger partial charge on any atom is 0.410 e. The minimum absolute atomic E-state index is 0.159. The van der Waals surface area contributed by atoms with Crippen molar-refractivity contribution in [1.82, 2.24) is 10.2 Å². The topological polar surface area (TPSA) is 67.9 Å². The van der Waals surface area contributed by atoms with Crippen LogP contribution in [0.25, 0.3) is 0 Å². The summed E-state index contributed by atoms with van der Waals surface area (Å²) in [5, 5.41) is 3.27. The van der Waals surface area contributed by atoms with Gasteiger partial charge >= 0.3 is 12.1 Å². The average Bonchev–Trinajstić information content (AvgIpc) is 2.96. The van der Waals surface area contributed by atoms with E-state index in [4.69, 9.17) is 9.47 Å². The number of nitrogens with one attached hydrogen (secondary N) is 1. The van der Waals surface area contributed by atoms with E-state index >= 15 is 0 Å². The van der Waals surface area contributed by atoms with Gasteiger partial charge in [0.15, 0.2) is 0 Å². The standard InChI is InChI=1S/C15H26N2O4/c1-5-20-12(18)11-8-16-9-15(11)6-7-17(10-15)13(19)21-14(2,3)4/h11,16H,5-10H2,1-4H3. The van der Waals surface area contributed by atoms with Crippen LogP contribution >= 0.6 is 0 Å². The van der Waals surface area contributed by atoms with Crippen LogP contribution in [0.15, 0.2) is 0 Å². The summed E-state index contributed by atoms with van der Waals surface area (Å²) in [6.07, 6.45) is 0.511. The fourth-order valence-corrected chi connectivity index (χ4v) is 3.19. The van der Waals surface area contributed by atoms with Crippen molar-refractivity contribution >= 4 is 12.1 Å². The molecule has 0 saturated carbocycles. The van der Waals surface area contributed by atoms with Crippen molar-refractivity contribution in [2.75, 3.05) is 32.8 Å². The average molecular weight is 298 g/mol. The molecule has 2 aliphatic rings. The van der Waals surface area contributed by atoms with E-state index in [2.05, 4.69) is 5.32 Å². The predicted octanol–water partition coefficient (Wildman–Crippen LogP) is 1.40. The van der Waals surface area contributed by atoms with E-state index in [1.807, 2.05) is 27.7 Å². The van der Waals surface area contributed by atoms with Crippen molar-refractivity contribution in [3.63, 3.8) is 0 Å². The van der Waals surface area contributed by atoms with E-state index in [0.717, 1.165) is 13.0 Å². The molecule has 0 bridgehead atoms. The van der Waals surface area contributed by atoms with Crippen molar-refractivity contribution in [3.05, 3.63) is 0 Å². The summed E-state index contributed by atoms with van der Waals surface area (Å²) in [5.41, 5.74) is -0.704. The monoisotopic (exact) mass is 298 g/mol. The van der Waals surface area contributed by atoms with E-state index in [0.29, 0.717) is 26.2 Å². The zero-order valence-corrected chi connectivity index (χ0v) is 13.4. The molecule has 2 fully saturated rings. The van der Waals surface area contributed by atoms with Gasteiger partial charge in [0, 0.05) is 31.6 Å². The molecule has 1 amide bonds. The van der Waals surface area contributed by atoms with E-state index in [1.165, 1.54) is 0 Å². The van der Waals surface area contributed by atoms with Gasteiger partial charge in [0.2, 0.25) is 0 Å². The van der Waals surface area contributed by atoms with Crippen molar-refractivity contribution in [2.24, 2.45) is 11.3 Å². The van der Waals surface area contributed by atoms with Gasteiger partial charge in [0.1, 0.15) is 5.60 Å². The highest BCUT2D eigenvalue weighted by atomic mass is 16.6. The Morgan fingerprint density at radius 3 is 2.71 bits per heavy atom. The lowest BCUT2D eigenvalue weighted by atomic mass is 9.77. The van der Waals surface area contributed by atoms with E-state index in [9.17, 15) is 9.59 Å². The van der Waals surface area contributed by atoms with Gasteiger partial charge in [-0.2, -0.15) is 0 Å². The zero-order valence-electron chi connectivity index (χ0n) is 13.4. The summed E-state index contributed by atoms with van der Waals surface area (Å²) in [5.74, 6) is -0.335. The van der Waals surface area contributed by atoms with Crippen molar-refractivity contribution < 1.29 is 19.1 Å². The first-order valence-corrected chi connectivity index (χ1v) is 7.63. The molecule has 6 heteroatoms. The number of amides is 1. The summed E-state index contributed by atoms with van der Waals surface area (Å²) >= 11 is 0. The molecule has 2 unspecified atom stereocenters. The first kappa shape index (κ1) is 16.1. The fourth-order valence-electron chi connectivity index (χ4n) is 3.19. The summed E-state index contributed by atoms with van der Waals surface area (Å²) in [6.45, 7) is 10.3. The number of esters is 1. The van der Waals surface area contributed by atoms with Gasteiger partial charge in [0.25, 0.3) is 0 Å². The number of nitrogens with zero attached hydrogens (tertiary/aromatic N) is 1. The summed E-state index contributed by atoms with van der Waals surface area (Å²) in [4.78, 5) is 26.0. The number of carbonyl (C=O) groups is 2. The van der Waals surface area contributed by atoms with Gasteiger partial charge in [-0.3, -0.25) is 4.79 Å². The Hall–Kier alpha value is -1.30. The highest BCUT2D eigenvalue weighted by molar-refractivity contribution is 5.75. The molecular weight excluding hydrogens is 272 g/mol. The summed E-state index contributed by atoms with van der Waals surface area (Å²) in [7, 11) is 0. The molecule has 120 valence electrons. The molecule has 2 rings (SSSR count). The van der Waals surface area contributed by atoms with Crippen molar-refractivity contribution in [3.8, 4) is 0 Å². The molecule has 0 aromatic rings. The first-order chi connectivity index (χ1) is 9.77. The number of carbonyl (C=O) groups excluding carboxylic acids is 2. The van der Waals surface area contributed by atoms with Crippen LogP contribution in [0, 0.1) is 11.3 Å². The Balaban J connectivity index is 2.02. The van der Waals surface area contributed by atoms with Gasteiger partial charge in [-0.25, -0.2) is 4.79 Å². The maximum absolute atomic E-state index is 12.2. The first-order valence-electron chi connectivity index (χ1n) is 7.63. The van der Waals surface area contributed by atoms with Crippen LogP contribution in [0.4, 0.5) is 4.79 Å². The Labute approximate surface area is 126 Å². The van der Waals surface area contributed by atoms with Gasteiger partial charge in [-0.05, 0) is 34.1 Å². The molecule has 2 saturated heterocycles. The molecule has 0 aromatic heterocycles. The molecule has 6 nitrogen and oxygen atoms in total. The second-order valence-corrected chi connectivity index (χ2v) is 6.95. The third kappa shape index (κ3) is 3.48. The van der Waals surface area contributed by atoms with Crippen LogP contribution in [0.1, 0.15) is 34.1 Å². The van der Waals surface area contributed by atoms with Gasteiger partial charge in [-0.1, -0.05) is 0 Å². The lowest BCUT2D eigenvalue weighted by molar-refractivity contribution is -0.150. The van der Waals surface area contributed by atoms with Crippen LogP contribution in [-0.4, -0.2) is 55.3 Å². The number of ether oxygens (including phenoxy) is 2. The molecule has 0 aromatic carbocycles. The van der Waals surface area contributed by atoms with Crippen LogP contribution in [0.3, 0.4) is 0 Å². The lowest BCUT2D eigenvalue weighted by Crippen LogP contribution is -2.41. The third-order valence-corrected chi connectivity index (χ3v) is 4.17. The molecule has 1 spiro atoms. The van der Waals surface area contributed by atoms with E-state index < -0.39 is 5.60 Å². The van der Waals surface area contributed by atoms with Crippen LogP contribution in [0.5, 0.6) is 0 Å². The normalized spacial score (nSPS) is 29.0. The lowest BCUT2D eigenvalue weighted by Gasteiger charge is -2.29. The highest BCUT2D eigenvalue weighted by Gasteiger charge is 2.52. The maximum atomic E-state index is 12.2. The summed E-state index contributed by atoms with van der Waals surface area (Å²) < 4.78 is 10.6. The molecule has 1 N–H and O–H groups in total. The summed E-state index contributed by atoms with van der Waals surface area (Å²) in [6, 6.07) is 0. The predicted molar refractivity (Wildman–Crippen MR) is 77.8 cm³/mol. The molecular formula is C15H26N2O4. The van der Waals surface area contributed by atoms with Gasteiger partial charge < -0.3 is 19.7 Å². The van der Waals surface area contributed by atoms with Crippen LogP contribution in [-0.2, 0) is 14.3 Å². The fraction of sp³-hybridized carbons (Fsp3) is 0.867. The Kier molecular flexibility index (Phi) is 4.46. The number of hydrogen-bond donors (Lipinski definition) is 1. The highest BCUT2D eigenvalue weighted by Crippen LogP contribution is 2.41. The smallest absolute Gasteiger partial charge is 0.410 e. The zero-order chi connectivity index (χ0) is 15.7. The Bertz CT molecular complexity index is 418. The SMILES string of the molecule is CCOC(=O)C1CNCC12CCN(C(=O)OC(C)(C)C)C2. The second-order valence-electron chi connectivity index (χ2n) is 6.95. The largest absolute Gasteiger partial charge is 0.466 e. The molecule has 0 radical (unpaired) electrons. The van der Waals surface area contributed by atoms with Gasteiger partial charge in [-0.15, -0.1) is 0 Å². The van der Waals surface area contributed by atoms with Gasteiger partial charge in [0.05, 0.1) is 12.5 Å². The molecule has 2 heterocycles. The molecule has 21 heavy (non-hydrogen) atoms. The van der Waals surface area contributed by atoms with E-state index in [1.54, 1.807) is 4.90 Å².